The Morgan fingerprint density at radius 3 is 2.30 bits per heavy atom. The van der Waals surface area contributed by atoms with Crippen molar-refractivity contribution in [2.24, 2.45) is 4.99 Å². The molecule has 0 atom stereocenters. The summed E-state index contributed by atoms with van der Waals surface area (Å²) in [7, 11) is 0. The van der Waals surface area contributed by atoms with E-state index in [0.717, 1.165) is 0 Å². The number of hydrogen-bond donors (Lipinski definition) is 1. The topological polar surface area (TPSA) is 50.7 Å². The number of ether oxygens (including phenoxy) is 1. The van der Waals surface area contributed by atoms with Crippen LogP contribution in [0.25, 0.3) is 0 Å². The highest BCUT2D eigenvalue weighted by molar-refractivity contribution is 7.80. The number of para-hydroxylation sites is 1. The summed E-state index contributed by atoms with van der Waals surface area (Å²) >= 11 is 4.94. The Balaban J connectivity index is 1.85. The second-order valence-electron chi connectivity index (χ2n) is 3.79. The minimum atomic E-state index is -0.299. The van der Waals surface area contributed by atoms with Crippen LogP contribution < -0.4 is 10.1 Å². The summed E-state index contributed by atoms with van der Waals surface area (Å²) in [6, 6.07) is 17.9. The van der Waals surface area contributed by atoms with Crippen LogP contribution in [0.4, 0.5) is 0 Å². The maximum atomic E-state index is 11.8. The summed E-state index contributed by atoms with van der Waals surface area (Å²) in [5.74, 6) is 0.348. The Hall–Kier alpha value is -2.53. The molecule has 5 heteroatoms. The van der Waals surface area contributed by atoms with Gasteiger partial charge >= 0.3 is 0 Å². The highest BCUT2D eigenvalue weighted by Crippen LogP contribution is 2.06. The number of carbonyl (C=O) groups excluding carboxylic acids is 1. The number of aliphatic imine (C=N–C) groups is 1. The molecule has 0 aliphatic carbocycles. The highest BCUT2D eigenvalue weighted by atomic mass is 32.1. The van der Waals surface area contributed by atoms with Crippen LogP contribution in [0.3, 0.4) is 0 Å². The van der Waals surface area contributed by atoms with Crippen LogP contribution in [0.2, 0.25) is 0 Å². The van der Waals surface area contributed by atoms with Gasteiger partial charge in [-0.05, 0) is 36.5 Å². The van der Waals surface area contributed by atoms with Crippen LogP contribution in [-0.4, -0.2) is 17.4 Å². The summed E-state index contributed by atoms with van der Waals surface area (Å²) in [5, 5.41) is 2.55. The molecule has 4 nitrogen and oxygen atoms in total. The minimum absolute atomic E-state index is 0.0507. The van der Waals surface area contributed by atoms with Gasteiger partial charge in [0.15, 0.2) is 6.40 Å². The van der Waals surface area contributed by atoms with Crippen LogP contribution in [0, 0.1) is 0 Å². The van der Waals surface area contributed by atoms with Crippen LogP contribution in [-0.2, 0) is 0 Å². The van der Waals surface area contributed by atoms with Gasteiger partial charge in [0.2, 0.25) is 5.11 Å². The fraction of sp³-hybridized carbons (Fsp3) is 0. The highest BCUT2D eigenvalue weighted by Gasteiger charge is 2.05. The molecule has 0 spiro atoms. The van der Waals surface area contributed by atoms with Gasteiger partial charge in [-0.1, -0.05) is 36.4 Å². The standard InChI is InChI=1S/C15H12N2O2S/c18-14(12-7-3-1-4-8-12)17-15(20)16-11-19-13-9-5-2-6-10-13/h1-11H,(H,17,18,20). The molecule has 0 fully saturated rings. The largest absolute Gasteiger partial charge is 0.446 e. The van der Waals surface area contributed by atoms with Gasteiger partial charge in [-0.2, -0.15) is 4.99 Å². The van der Waals surface area contributed by atoms with Crippen molar-refractivity contribution >= 4 is 29.6 Å². The summed E-state index contributed by atoms with van der Waals surface area (Å²) in [6.45, 7) is 0. The van der Waals surface area contributed by atoms with Crippen molar-refractivity contribution < 1.29 is 9.53 Å². The Labute approximate surface area is 122 Å². The number of nitrogens with one attached hydrogen (secondary N) is 1. The van der Waals surface area contributed by atoms with Crippen molar-refractivity contribution in [2.75, 3.05) is 0 Å². The zero-order valence-corrected chi connectivity index (χ0v) is 11.3. The molecule has 2 aromatic rings. The van der Waals surface area contributed by atoms with Gasteiger partial charge in [0.25, 0.3) is 5.91 Å². The van der Waals surface area contributed by atoms with Crippen molar-refractivity contribution in [1.82, 2.24) is 5.32 Å². The molecule has 0 saturated carbocycles. The van der Waals surface area contributed by atoms with Crippen molar-refractivity contribution in [3.05, 3.63) is 66.2 Å². The first-order valence-corrected chi connectivity index (χ1v) is 6.31. The Morgan fingerprint density at radius 2 is 1.65 bits per heavy atom. The Morgan fingerprint density at radius 1 is 1.05 bits per heavy atom. The first-order chi connectivity index (χ1) is 9.75. The van der Waals surface area contributed by atoms with Gasteiger partial charge in [-0.25, -0.2) is 0 Å². The van der Waals surface area contributed by atoms with E-state index in [2.05, 4.69) is 10.3 Å². The predicted molar refractivity (Wildman–Crippen MR) is 82.1 cm³/mol. The molecule has 0 aliphatic rings. The van der Waals surface area contributed by atoms with Crippen LogP contribution in [0.5, 0.6) is 5.75 Å². The molecular weight excluding hydrogens is 272 g/mol. The summed E-state index contributed by atoms with van der Waals surface area (Å²) in [5.41, 5.74) is 0.522. The lowest BCUT2D eigenvalue weighted by Gasteiger charge is -2.02. The molecule has 2 aromatic carbocycles. The van der Waals surface area contributed by atoms with Gasteiger partial charge in [-0.3, -0.25) is 10.1 Å². The normalized spacial score (nSPS) is 10.2. The summed E-state index contributed by atoms with van der Waals surface area (Å²) in [4.78, 5) is 15.6. The third-order valence-corrected chi connectivity index (χ3v) is 2.57. The third-order valence-electron chi connectivity index (χ3n) is 2.36. The molecule has 0 bridgehead atoms. The molecule has 20 heavy (non-hydrogen) atoms. The summed E-state index contributed by atoms with van der Waals surface area (Å²) < 4.78 is 5.23. The minimum Gasteiger partial charge on any atom is -0.446 e. The maximum absolute atomic E-state index is 11.8. The van der Waals surface area contributed by atoms with E-state index >= 15 is 0 Å². The molecule has 1 N–H and O–H groups in total. The molecule has 0 saturated heterocycles. The van der Waals surface area contributed by atoms with Gasteiger partial charge < -0.3 is 4.74 Å². The van der Waals surface area contributed by atoms with E-state index in [4.69, 9.17) is 17.0 Å². The third kappa shape index (κ3) is 4.29. The predicted octanol–water partition coefficient (Wildman–Crippen LogP) is 2.81. The average molecular weight is 284 g/mol. The average Bonchev–Trinajstić information content (AvgIpc) is 2.49. The number of nitrogens with zero attached hydrogens (tertiary/aromatic N) is 1. The monoisotopic (exact) mass is 284 g/mol. The number of rotatable bonds is 3. The second kappa shape index (κ2) is 7.16. The Bertz CT molecular complexity index is 612. The Kier molecular flexibility index (Phi) is 4.97. The number of thiocarbonyl (C=S) groups is 1. The van der Waals surface area contributed by atoms with E-state index in [1.165, 1.54) is 6.40 Å². The SMILES string of the molecule is O=C(NC(=S)N=COc1ccccc1)c1ccccc1. The smallest absolute Gasteiger partial charge is 0.257 e. The number of hydrogen-bond acceptors (Lipinski definition) is 3. The quantitative estimate of drug-likeness (QED) is 0.535. The molecule has 0 aliphatic heterocycles. The van der Waals surface area contributed by atoms with Crippen molar-refractivity contribution in [3.8, 4) is 5.75 Å². The molecule has 0 radical (unpaired) electrons. The molecule has 0 aromatic heterocycles. The van der Waals surface area contributed by atoms with E-state index in [0.29, 0.717) is 11.3 Å². The summed E-state index contributed by atoms with van der Waals surface area (Å²) in [6.07, 6.45) is 1.20. The molecule has 100 valence electrons. The molecule has 0 unspecified atom stereocenters. The first kappa shape index (κ1) is 13.9. The van der Waals surface area contributed by atoms with Gasteiger partial charge in [0, 0.05) is 5.56 Å². The molecular formula is C15H12N2O2S. The number of carbonyl (C=O) groups is 1. The fourth-order valence-electron chi connectivity index (χ4n) is 1.43. The number of benzene rings is 2. The first-order valence-electron chi connectivity index (χ1n) is 5.90. The van der Waals surface area contributed by atoms with Crippen molar-refractivity contribution in [2.45, 2.75) is 0 Å². The fourth-order valence-corrected chi connectivity index (χ4v) is 1.56. The maximum Gasteiger partial charge on any atom is 0.257 e. The van der Waals surface area contributed by atoms with Crippen LogP contribution in [0.15, 0.2) is 65.7 Å². The van der Waals surface area contributed by atoms with Crippen LogP contribution >= 0.6 is 12.2 Å². The second-order valence-corrected chi connectivity index (χ2v) is 4.18. The van der Waals surface area contributed by atoms with Crippen LogP contribution in [0.1, 0.15) is 10.4 Å². The zero-order chi connectivity index (χ0) is 14.2. The van der Waals surface area contributed by atoms with Gasteiger partial charge in [0.05, 0.1) is 0 Å². The van der Waals surface area contributed by atoms with Gasteiger partial charge in [-0.15, -0.1) is 0 Å². The lowest BCUT2D eigenvalue weighted by molar-refractivity contribution is 0.0977. The lowest BCUT2D eigenvalue weighted by Crippen LogP contribution is -2.27. The van der Waals surface area contributed by atoms with E-state index in [1.54, 1.807) is 36.4 Å². The van der Waals surface area contributed by atoms with E-state index in [1.807, 2.05) is 24.3 Å². The molecule has 1 amide bonds. The van der Waals surface area contributed by atoms with E-state index < -0.39 is 0 Å². The van der Waals surface area contributed by atoms with E-state index in [-0.39, 0.29) is 11.0 Å². The van der Waals surface area contributed by atoms with Crippen molar-refractivity contribution in [3.63, 3.8) is 0 Å². The number of amides is 1. The zero-order valence-electron chi connectivity index (χ0n) is 10.5. The lowest BCUT2D eigenvalue weighted by atomic mass is 10.2. The molecule has 0 heterocycles. The molecule has 2 rings (SSSR count). The van der Waals surface area contributed by atoms with Crippen molar-refractivity contribution in [1.29, 1.82) is 0 Å². The van der Waals surface area contributed by atoms with E-state index in [9.17, 15) is 4.79 Å². The van der Waals surface area contributed by atoms with Gasteiger partial charge in [0.1, 0.15) is 5.75 Å².